The maximum absolute atomic E-state index is 12.3. The van der Waals surface area contributed by atoms with Crippen LogP contribution in [0.5, 0.6) is 0 Å². The van der Waals surface area contributed by atoms with Crippen molar-refractivity contribution < 1.29 is 4.79 Å². The highest BCUT2D eigenvalue weighted by molar-refractivity contribution is 6.04. The third-order valence-electron chi connectivity index (χ3n) is 3.89. The number of fused-ring (bicyclic) bond motifs is 1. The molecule has 2 aliphatic heterocycles. The third-order valence-corrected chi connectivity index (χ3v) is 3.89. The Bertz CT molecular complexity index is 514. The average Bonchev–Trinajstić information content (AvgIpc) is 2.92. The van der Waals surface area contributed by atoms with Gasteiger partial charge in [-0.25, -0.2) is 0 Å². The third kappa shape index (κ3) is 1.51. The first kappa shape index (κ1) is 11.2. The van der Waals surface area contributed by atoms with E-state index in [1.54, 1.807) is 11.0 Å². The summed E-state index contributed by atoms with van der Waals surface area (Å²) in [5.41, 5.74) is 7.81. The predicted octanol–water partition coefficient (Wildman–Crippen LogP) is 0.449. The predicted molar refractivity (Wildman–Crippen MR) is 70.9 cm³/mol. The number of carbonyl (C=O) groups excluding carboxylic acids is 1. The number of nitrogen functional groups attached to an aromatic ring is 1. The van der Waals surface area contributed by atoms with Crippen LogP contribution in [0.15, 0.2) is 18.2 Å². The molecule has 0 saturated carbocycles. The molecular formula is C13H16N4O. The van der Waals surface area contributed by atoms with E-state index in [2.05, 4.69) is 5.32 Å². The summed E-state index contributed by atoms with van der Waals surface area (Å²) in [5, 5.41) is 10.7. The number of hydrogen-bond donors (Lipinski definition) is 3. The molecule has 0 spiro atoms. The lowest BCUT2D eigenvalue weighted by molar-refractivity contribution is -0.120. The van der Waals surface area contributed by atoms with Crippen molar-refractivity contribution >= 4 is 23.5 Å². The van der Waals surface area contributed by atoms with Crippen LogP contribution in [-0.4, -0.2) is 31.8 Å². The van der Waals surface area contributed by atoms with Crippen LogP contribution in [0.25, 0.3) is 0 Å². The standard InChI is InChI=1S/C13H16N4O/c14-4-9-11(15)2-1-3-12(9)17-7-8-5-16-6-10(8)13(17)18/h1-4,8,10,14,16H,5-7,15H2. The van der Waals surface area contributed by atoms with Crippen molar-refractivity contribution in [2.75, 3.05) is 30.3 Å². The zero-order valence-corrected chi connectivity index (χ0v) is 10.0. The molecule has 0 radical (unpaired) electrons. The Morgan fingerprint density at radius 2 is 2.28 bits per heavy atom. The maximum atomic E-state index is 12.3. The Morgan fingerprint density at radius 3 is 3.00 bits per heavy atom. The number of anilines is 2. The zero-order chi connectivity index (χ0) is 12.7. The highest BCUT2D eigenvalue weighted by Gasteiger charge is 2.44. The summed E-state index contributed by atoms with van der Waals surface area (Å²) in [4.78, 5) is 14.1. The quantitative estimate of drug-likeness (QED) is 0.522. The molecule has 2 unspecified atom stereocenters. The summed E-state index contributed by atoms with van der Waals surface area (Å²) < 4.78 is 0. The minimum Gasteiger partial charge on any atom is -0.398 e. The Hall–Kier alpha value is -1.88. The monoisotopic (exact) mass is 244 g/mol. The highest BCUT2D eigenvalue weighted by Crippen LogP contribution is 2.34. The van der Waals surface area contributed by atoms with E-state index in [0.717, 1.165) is 25.3 Å². The first-order chi connectivity index (χ1) is 8.72. The van der Waals surface area contributed by atoms with Gasteiger partial charge in [0.05, 0.1) is 11.6 Å². The smallest absolute Gasteiger partial charge is 0.231 e. The van der Waals surface area contributed by atoms with Gasteiger partial charge >= 0.3 is 0 Å². The van der Waals surface area contributed by atoms with Crippen LogP contribution in [0, 0.1) is 17.2 Å². The van der Waals surface area contributed by atoms with Crippen LogP contribution in [0.3, 0.4) is 0 Å². The second kappa shape index (κ2) is 4.10. The summed E-state index contributed by atoms with van der Waals surface area (Å²) in [6, 6.07) is 5.45. The van der Waals surface area contributed by atoms with Gasteiger partial charge in [0, 0.05) is 43.0 Å². The van der Waals surface area contributed by atoms with E-state index in [0.29, 0.717) is 17.2 Å². The van der Waals surface area contributed by atoms with Crippen LogP contribution >= 0.6 is 0 Å². The van der Waals surface area contributed by atoms with Gasteiger partial charge in [0.1, 0.15) is 0 Å². The van der Waals surface area contributed by atoms with Gasteiger partial charge in [0.15, 0.2) is 0 Å². The van der Waals surface area contributed by atoms with Crippen molar-refractivity contribution in [3.63, 3.8) is 0 Å². The number of rotatable bonds is 2. The molecule has 1 amide bonds. The van der Waals surface area contributed by atoms with E-state index in [1.807, 2.05) is 12.1 Å². The van der Waals surface area contributed by atoms with E-state index in [9.17, 15) is 4.79 Å². The Morgan fingerprint density at radius 1 is 1.44 bits per heavy atom. The highest BCUT2D eigenvalue weighted by atomic mass is 16.2. The van der Waals surface area contributed by atoms with Gasteiger partial charge in [0.2, 0.25) is 5.91 Å². The van der Waals surface area contributed by atoms with E-state index in [1.165, 1.54) is 6.21 Å². The normalized spacial score (nSPS) is 26.4. The maximum Gasteiger partial charge on any atom is 0.231 e. The largest absolute Gasteiger partial charge is 0.398 e. The fourth-order valence-corrected chi connectivity index (χ4v) is 2.92. The van der Waals surface area contributed by atoms with Crippen LogP contribution in [0.2, 0.25) is 0 Å². The van der Waals surface area contributed by atoms with Crippen LogP contribution in [0.4, 0.5) is 11.4 Å². The fraction of sp³-hybridized carbons (Fsp3) is 0.385. The Labute approximate surface area is 105 Å². The molecule has 0 aromatic heterocycles. The molecule has 0 aliphatic carbocycles. The van der Waals surface area contributed by atoms with Crippen molar-refractivity contribution in [3.05, 3.63) is 23.8 Å². The van der Waals surface area contributed by atoms with E-state index < -0.39 is 0 Å². The lowest BCUT2D eigenvalue weighted by atomic mass is 10.0. The molecule has 2 heterocycles. The molecule has 2 saturated heterocycles. The molecule has 2 fully saturated rings. The van der Waals surface area contributed by atoms with Gasteiger partial charge in [-0.3, -0.25) is 4.79 Å². The first-order valence-electron chi connectivity index (χ1n) is 6.13. The summed E-state index contributed by atoms with van der Waals surface area (Å²) in [7, 11) is 0. The number of nitrogens with two attached hydrogens (primary N) is 1. The molecule has 4 N–H and O–H groups in total. The van der Waals surface area contributed by atoms with Gasteiger partial charge in [-0.15, -0.1) is 0 Å². The molecule has 2 aliphatic rings. The second-order valence-corrected chi connectivity index (χ2v) is 4.90. The number of carbonyl (C=O) groups is 1. The Balaban J connectivity index is 1.99. The molecule has 94 valence electrons. The topological polar surface area (TPSA) is 82.2 Å². The Kier molecular flexibility index (Phi) is 2.56. The fourth-order valence-electron chi connectivity index (χ4n) is 2.92. The molecule has 1 aromatic rings. The molecule has 2 atom stereocenters. The van der Waals surface area contributed by atoms with E-state index >= 15 is 0 Å². The number of amides is 1. The van der Waals surface area contributed by atoms with Crippen molar-refractivity contribution in [2.45, 2.75) is 0 Å². The van der Waals surface area contributed by atoms with Gasteiger partial charge in [-0.1, -0.05) is 6.07 Å². The van der Waals surface area contributed by atoms with E-state index in [-0.39, 0.29) is 11.8 Å². The number of hydrogen-bond acceptors (Lipinski definition) is 4. The number of nitrogens with zero attached hydrogens (tertiary/aromatic N) is 1. The van der Waals surface area contributed by atoms with Crippen LogP contribution in [0.1, 0.15) is 5.56 Å². The van der Waals surface area contributed by atoms with Gasteiger partial charge in [-0.2, -0.15) is 0 Å². The molecule has 0 bridgehead atoms. The molecule has 5 heteroatoms. The number of nitrogens with one attached hydrogen (secondary N) is 2. The van der Waals surface area contributed by atoms with Crippen LogP contribution < -0.4 is 16.0 Å². The number of benzene rings is 1. The lowest BCUT2D eigenvalue weighted by Crippen LogP contribution is -2.31. The average molecular weight is 244 g/mol. The van der Waals surface area contributed by atoms with Gasteiger partial charge in [0.25, 0.3) is 0 Å². The molecular weight excluding hydrogens is 228 g/mol. The first-order valence-corrected chi connectivity index (χ1v) is 6.13. The summed E-state index contributed by atoms with van der Waals surface area (Å²) in [5.74, 6) is 0.626. The van der Waals surface area contributed by atoms with Crippen molar-refractivity contribution in [3.8, 4) is 0 Å². The molecule has 5 nitrogen and oxygen atoms in total. The lowest BCUT2D eigenvalue weighted by Gasteiger charge is -2.20. The zero-order valence-electron chi connectivity index (χ0n) is 10.0. The van der Waals surface area contributed by atoms with Gasteiger partial charge < -0.3 is 21.4 Å². The van der Waals surface area contributed by atoms with Crippen molar-refractivity contribution in [1.29, 1.82) is 5.41 Å². The molecule has 3 rings (SSSR count). The molecule has 18 heavy (non-hydrogen) atoms. The molecule has 1 aromatic carbocycles. The van der Waals surface area contributed by atoms with Crippen molar-refractivity contribution in [2.24, 2.45) is 11.8 Å². The van der Waals surface area contributed by atoms with Gasteiger partial charge in [-0.05, 0) is 12.1 Å². The van der Waals surface area contributed by atoms with Crippen molar-refractivity contribution in [1.82, 2.24) is 5.32 Å². The SMILES string of the molecule is N=Cc1c(N)cccc1N1CC2CNCC2C1=O. The van der Waals surface area contributed by atoms with E-state index in [4.69, 9.17) is 11.1 Å². The minimum atomic E-state index is 0.0880. The minimum absolute atomic E-state index is 0.0880. The summed E-state index contributed by atoms with van der Waals surface area (Å²) in [6.45, 7) is 2.39. The second-order valence-electron chi connectivity index (χ2n) is 4.90. The van der Waals surface area contributed by atoms with Crippen LogP contribution in [-0.2, 0) is 4.79 Å². The summed E-state index contributed by atoms with van der Waals surface area (Å²) >= 11 is 0. The summed E-state index contributed by atoms with van der Waals surface area (Å²) in [6.07, 6.45) is 1.23.